The van der Waals surface area contributed by atoms with Crippen LogP contribution in [0.5, 0.6) is 0 Å². The van der Waals surface area contributed by atoms with Crippen molar-refractivity contribution in [1.29, 1.82) is 0 Å². The van der Waals surface area contributed by atoms with E-state index in [0.29, 0.717) is 17.7 Å². The molecule has 4 atom stereocenters. The largest absolute Gasteiger partial charge is 0.457 e. The van der Waals surface area contributed by atoms with E-state index in [1.54, 1.807) is 32.9 Å². The number of hydrogen-bond acceptors (Lipinski definition) is 9. The Labute approximate surface area is 312 Å². The first-order chi connectivity index (χ1) is 25.0. The lowest BCUT2D eigenvalue weighted by Gasteiger charge is -2.34. The fourth-order valence-electron chi connectivity index (χ4n) is 5.68. The summed E-state index contributed by atoms with van der Waals surface area (Å²) in [4.78, 5) is 39.6. The fraction of sp³-hybridized carbons (Fsp3) is 0.410. The van der Waals surface area contributed by atoms with E-state index in [9.17, 15) is 27.9 Å². The molecule has 13 nitrogen and oxygen atoms in total. The molecular weight excluding hydrogens is 699 g/mol. The van der Waals surface area contributed by atoms with Gasteiger partial charge >= 0.3 is 0 Å². The maximum Gasteiger partial charge on any atom is 0.279 e. The maximum atomic E-state index is 14.0. The molecule has 3 amide bonds. The van der Waals surface area contributed by atoms with Gasteiger partial charge in [0.25, 0.3) is 21.0 Å². The first-order valence-corrected chi connectivity index (χ1v) is 19.0. The van der Waals surface area contributed by atoms with Crippen molar-refractivity contribution in [2.75, 3.05) is 25.4 Å². The van der Waals surface area contributed by atoms with Crippen molar-refractivity contribution < 1.29 is 37.4 Å². The molecule has 6 N–H and O–H groups in total. The van der Waals surface area contributed by atoms with Crippen LogP contribution in [0.4, 0.5) is 5.69 Å². The van der Waals surface area contributed by atoms with Crippen LogP contribution in [0, 0.1) is 11.3 Å². The van der Waals surface area contributed by atoms with Gasteiger partial charge in [0, 0.05) is 30.8 Å². The zero-order chi connectivity index (χ0) is 38.8. The number of aliphatic hydroxyl groups is 1. The molecule has 4 rings (SSSR count). The van der Waals surface area contributed by atoms with E-state index >= 15 is 0 Å². The lowest BCUT2D eigenvalue weighted by Crippen LogP contribution is -2.59. The number of anilines is 1. The lowest BCUT2D eigenvalue weighted by molar-refractivity contribution is -0.132. The number of nitrogens with zero attached hydrogens (tertiary/aromatic N) is 1. The first kappa shape index (κ1) is 40.8. The molecular formula is C39H51N5O8S. The van der Waals surface area contributed by atoms with Gasteiger partial charge in [-0.1, -0.05) is 95.3 Å². The summed E-state index contributed by atoms with van der Waals surface area (Å²) in [5, 5.41) is 19.5. The first-order valence-electron chi connectivity index (χ1n) is 17.5. The highest BCUT2D eigenvalue weighted by molar-refractivity contribution is 7.92. The summed E-state index contributed by atoms with van der Waals surface area (Å²) < 4.78 is 40.4. The van der Waals surface area contributed by atoms with E-state index < -0.39 is 64.2 Å². The highest BCUT2D eigenvalue weighted by Gasteiger charge is 2.39. The molecule has 0 saturated heterocycles. The topological polar surface area (TPSA) is 189 Å². The summed E-state index contributed by atoms with van der Waals surface area (Å²) >= 11 is 0. The van der Waals surface area contributed by atoms with Gasteiger partial charge in [-0.25, -0.2) is 8.42 Å². The van der Waals surface area contributed by atoms with Crippen molar-refractivity contribution in [1.82, 2.24) is 20.3 Å². The summed E-state index contributed by atoms with van der Waals surface area (Å²) in [6.45, 7) is 8.31. The average Bonchev–Trinajstić information content (AvgIpc) is 3.58. The van der Waals surface area contributed by atoms with Gasteiger partial charge < -0.3 is 36.3 Å². The van der Waals surface area contributed by atoms with Crippen molar-refractivity contribution in [3.8, 4) is 0 Å². The third-order valence-electron chi connectivity index (χ3n) is 8.47. The molecule has 3 aromatic carbocycles. The minimum absolute atomic E-state index is 0.0538. The Balaban J connectivity index is 1.49. The predicted molar refractivity (Wildman–Crippen MR) is 202 cm³/mol. The predicted octanol–water partition coefficient (Wildman–Crippen LogP) is 3.32. The number of aliphatic hydroxyl groups excluding tert-OH is 1. The second-order valence-electron chi connectivity index (χ2n) is 14.6. The second-order valence-corrected chi connectivity index (χ2v) is 16.4. The Kier molecular flexibility index (Phi) is 14.0. The monoisotopic (exact) mass is 749 g/mol. The van der Waals surface area contributed by atoms with Crippen molar-refractivity contribution in [3.05, 3.63) is 113 Å². The number of nitrogen functional groups attached to an aromatic ring is 1. The molecule has 4 unspecified atom stereocenters. The lowest BCUT2D eigenvalue weighted by atomic mass is 9.85. The number of hydrogen-bond donors (Lipinski definition) is 5. The smallest absolute Gasteiger partial charge is 0.279 e. The van der Waals surface area contributed by atoms with E-state index in [2.05, 4.69) is 16.0 Å². The Morgan fingerprint density at radius 1 is 0.887 bits per heavy atom. The highest BCUT2D eigenvalue weighted by Crippen LogP contribution is 2.27. The zero-order valence-electron chi connectivity index (χ0n) is 30.8. The van der Waals surface area contributed by atoms with Crippen LogP contribution in [-0.4, -0.2) is 79.7 Å². The van der Waals surface area contributed by atoms with Crippen LogP contribution >= 0.6 is 0 Å². The summed E-state index contributed by atoms with van der Waals surface area (Å²) in [5.41, 5.74) is 7.41. The Morgan fingerprint density at radius 2 is 1.49 bits per heavy atom. The van der Waals surface area contributed by atoms with Gasteiger partial charge in [-0.05, 0) is 53.1 Å². The van der Waals surface area contributed by atoms with E-state index in [-0.39, 0.29) is 30.5 Å². The van der Waals surface area contributed by atoms with Crippen molar-refractivity contribution >= 4 is 33.4 Å². The highest BCUT2D eigenvalue weighted by atomic mass is 32.2. The van der Waals surface area contributed by atoms with E-state index in [0.717, 1.165) is 21.7 Å². The normalized spacial score (nSPS) is 16.2. The van der Waals surface area contributed by atoms with Crippen LogP contribution in [0.25, 0.3) is 0 Å². The molecule has 53 heavy (non-hydrogen) atoms. The number of ether oxygens (including phenoxy) is 2. The molecule has 0 saturated carbocycles. The minimum Gasteiger partial charge on any atom is -0.457 e. The molecule has 3 aromatic rings. The van der Waals surface area contributed by atoms with Crippen LogP contribution in [-0.2, 0) is 41.9 Å². The molecule has 0 radical (unpaired) electrons. The van der Waals surface area contributed by atoms with Gasteiger partial charge in [-0.15, -0.1) is 0 Å². The van der Waals surface area contributed by atoms with E-state index in [1.165, 1.54) is 12.1 Å². The van der Waals surface area contributed by atoms with Gasteiger partial charge in [0.2, 0.25) is 18.1 Å². The molecule has 1 heterocycles. The standard InChI is InChI=1S/C39H51N5O8S/c1-26(2)23-44(53(49,50)35-25-51-34(52-35)21-28-14-10-7-11-15-28)24-32(45)31(20-27-12-8-6-9-13-27)42-38(48)36(39(3,4)5)43-33(46)22-41-37(47)29-16-18-30(40)19-17-29/h6-19,25-26,31-32,34,36,45H,20-24,40H2,1-5H3,(H,41,47)(H,42,48)(H,43,46). The molecule has 0 spiro atoms. The summed E-state index contributed by atoms with van der Waals surface area (Å²) in [6, 6.07) is 22.7. The Bertz CT molecular complexity index is 1810. The third-order valence-corrected chi connectivity index (χ3v) is 10.1. The number of rotatable bonds is 17. The molecule has 1 aliphatic heterocycles. The number of nitrogens with two attached hydrogens (primary N) is 1. The SMILES string of the molecule is CC(C)CN(CC(O)C(Cc1ccccc1)NC(=O)C(NC(=O)CNC(=O)c1ccc(N)cc1)C(C)(C)C)S(=O)(=O)C1=COC(Cc2ccccc2)O1. The average molecular weight is 750 g/mol. The van der Waals surface area contributed by atoms with Crippen LogP contribution < -0.4 is 21.7 Å². The quantitative estimate of drug-likeness (QED) is 0.129. The summed E-state index contributed by atoms with van der Waals surface area (Å²) in [6.07, 6.45) is -0.650. The molecule has 14 heteroatoms. The molecule has 286 valence electrons. The van der Waals surface area contributed by atoms with Crippen molar-refractivity contribution in [2.24, 2.45) is 11.3 Å². The Morgan fingerprint density at radius 3 is 2.08 bits per heavy atom. The zero-order valence-corrected chi connectivity index (χ0v) is 31.6. The van der Waals surface area contributed by atoms with Crippen molar-refractivity contribution in [3.63, 3.8) is 0 Å². The molecule has 0 fully saturated rings. The van der Waals surface area contributed by atoms with Crippen LogP contribution in [0.3, 0.4) is 0 Å². The van der Waals surface area contributed by atoms with Crippen LogP contribution in [0.15, 0.2) is 96.3 Å². The number of carbonyl (C=O) groups excluding carboxylic acids is 3. The minimum atomic E-state index is -4.27. The number of benzene rings is 3. The maximum absolute atomic E-state index is 14.0. The number of carbonyl (C=O) groups is 3. The third kappa shape index (κ3) is 12.1. The van der Waals surface area contributed by atoms with Gasteiger partial charge in [0.05, 0.1) is 18.7 Å². The van der Waals surface area contributed by atoms with Crippen molar-refractivity contribution in [2.45, 2.75) is 71.9 Å². The number of sulfonamides is 1. The van der Waals surface area contributed by atoms with E-state index in [4.69, 9.17) is 15.2 Å². The fourth-order valence-corrected chi connectivity index (χ4v) is 7.18. The summed E-state index contributed by atoms with van der Waals surface area (Å²) in [7, 11) is -4.27. The summed E-state index contributed by atoms with van der Waals surface area (Å²) in [5.74, 6) is -1.80. The molecule has 0 aromatic heterocycles. The van der Waals surface area contributed by atoms with Crippen LogP contribution in [0.1, 0.15) is 56.1 Å². The van der Waals surface area contributed by atoms with Gasteiger partial charge in [-0.3, -0.25) is 14.4 Å². The molecule has 1 aliphatic rings. The Hall–Kier alpha value is -4.92. The second kappa shape index (κ2) is 18.2. The van der Waals surface area contributed by atoms with Gasteiger partial charge in [0.1, 0.15) is 12.3 Å². The van der Waals surface area contributed by atoms with Crippen LogP contribution in [0.2, 0.25) is 0 Å². The van der Waals surface area contributed by atoms with Gasteiger partial charge in [-0.2, -0.15) is 4.31 Å². The number of nitrogens with one attached hydrogen (secondary N) is 3. The molecule has 0 bridgehead atoms. The number of amides is 3. The van der Waals surface area contributed by atoms with E-state index in [1.807, 2.05) is 74.5 Å². The van der Waals surface area contributed by atoms with Gasteiger partial charge in [0.15, 0.2) is 0 Å². The molecule has 0 aliphatic carbocycles.